The maximum atomic E-state index is 12.7. The average Bonchev–Trinajstić information content (AvgIpc) is 3.17. The van der Waals surface area contributed by atoms with E-state index in [-0.39, 0.29) is 22.4 Å². The van der Waals surface area contributed by atoms with Crippen LogP contribution in [0.5, 0.6) is 0 Å². The van der Waals surface area contributed by atoms with Gasteiger partial charge in [0, 0.05) is 50.6 Å². The number of thiophene rings is 1. The molecule has 0 N–H and O–H groups in total. The lowest BCUT2D eigenvalue weighted by atomic mass is 10.1. The van der Waals surface area contributed by atoms with E-state index >= 15 is 0 Å². The molecule has 2 aliphatic rings. The average molecular weight is 410 g/mol. The number of nitrogens with zero attached hydrogens (tertiary/aromatic N) is 3. The first-order chi connectivity index (χ1) is 12.9. The predicted octanol–water partition coefficient (Wildman–Crippen LogP) is 3.21. The molecule has 7 heteroatoms. The highest BCUT2D eigenvalue weighted by Gasteiger charge is 2.39. The molecule has 1 aromatic rings. The zero-order valence-electron chi connectivity index (χ0n) is 16.8. The molecule has 0 saturated carbocycles. The van der Waals surface area contributed by atoms with E-state index in [2.05, 4.69) is 42.0 Å². The number of rotatable bonds is 6. The number of piperazine rings is 1. The third-order valence-corrected chi connectivity index (χ3v) is 7.92. The highest BCUT2D eigenvalue weighted by Crippen LogP contribution is 2.45. The summed E-state index contributed by atoms with van der Waals surface area (Å²) in [4.78, 5) is 32.6. The summed E-state index contributed by atoms with van der Waals surface area (Å²) in [6, 6.07) is 2.14. The molecule has 5 nitrogen and oxygen atoms in total. The quantitative estimate of drug-likeness (QED) is 0.724. The molecular weight excluding hydrogens is 378 g/mol. The van der Waals surface area contributed by atoms with E-state index in [0.29, 0.717) is 12.3 Å². The Kier molecular flexibility index (Phi) is 6.87. The first kappa shape index (κ1) is 20.7. The van der Waals surface area contributed by atoms with Gasteiger partial charge in [-0.25, -0.2) is 0 Å². The summed E-state index contributed by atoms with van der Waals surface area (Å²) < 4.78 is 0. The second-order valence-corrected chi connectivity index (χ2v) is 10.3. The summed E-state index contributed by atoms with van der Waals surface area (Å²) in [5.74, 6) is 0.940. The molecule has 3 rings (SSSR count). The number of hydrogen-bond donors (Lipinski definition) is 0. The molecule has 1 aromatic heterocycles. The highest BCUT2D eigenvalue weighted by molar-refractivity contribution is 8.01. The number of amides is 2. The molecule has 2 amide bonds. The van der Waals surface area contributed by atoms with Crippen LogP contribution in [0.1, 0.15) is 43.0 Å². The van der Waals surface area contributed by atoms with Crippen LogP contribution in [0.3, 0.4) is 0 Å². The topological polar surface area (TPSA) is 43.9 Å². The zero-order valence-corrected chi connectivity index (χ0v) is 18.4. The maximum Gasteiger partial charge on any atom is 0.236 e. The molecule has 0 radical (unpaired) electrons. The van der Waals surface area contributed by atoms with Crippen molar-refractivity contribution < 1.29 is 9.59 Å². The molecule has 0 aromatic carbocycles. The Hall–Kier alpha value is -1.05. The standard InChI is InChI=1S/C20H31N3O2S2/c1-14(2)13-17(24)22-9-6-21(7-10-22)8-11-23-19(25)16(4)27-20(23)18-15(3)5-12-26-18/h5,12,14,16,20H,6-11,13H2,1-4H3. The van der Waals surface area contributed by atoms with E-state index in [1.54, 1.807) is 23.1 Å². The van der Waals surface area contributed by atoms with Gasteiger partial charge in [-0.15, -0.1) is 23.1 Å². The van der Waals surface area contributed by atoms with E-state index in [0.717, 1.165) is 39.3 Å². The molecular formula is C20H31N3O2S2. The van der Waals surface area contributed by atoms with E-state index in [1.807, 2.05) is 11.8 Å². The highest BCUT2D eigenvalue weighted by atomic mass is 32.2. The maximum absolute atomic E-state index is 12.7. The van der Waals surface area contributed by atoms with E-state index in [4.69, 9.17) is 0 Å². The van der Waals surface area contributed by atoms with Crippen molar-refractivity contribution in [2.24, 2.45) is 5.92 Å². The van der Waals surface area contributed by atoms with Crippen LogP contribution in [0.25, 0.3) is 0 Å². The molecule has 3 heterocycles. The Bertz CT molecular complexity index is 668. The first-order valence-corrected chi connectivity index (χ1v) is 11.7. The van der Waals surface area contributed by atoms with E-state index in [9.17, 15) is 9.59 Å². The Morgan fingerprint density at radius 3 is 2.52 bits per heavy atom. The molecule has 150 valence electrons. The van der Waals surface area contributed by atoms with Gasteiger partial charge in [-0.05, 0) is 36.8 Å². The normalized spacial score (nSPS) is 24.3. The van der Waals surface area contributed by atoms with Crippen molar-refractivity contribution in [1.82, 2.24) is 14.7 Å². The minimum atomic E-state index is 0.0296. The fraction of sp³-hybridized carbons (Fsp3) is 0.700. The fourth-order valence-corrected chi connectivity index (χ4v) is 6.24. The van der Waals surface area contributed by atoms with Crippen molar-refractivity contribution in [1.29, 1.82) is 0 Å². The van der Waals surface area contributed by atoms with Crippen LogP contribution in [-0.4, -0.2) is 71.0 Å². The van der Waals surface area contributed by atoms with Crippen LogP contribution >= 0.6 is 23.1 Å². The Morgan fingerprint density at radius 2 is 1.93 bits per heavy atom. The zero-order chi connectivity index (χ0) is 19.6. The number of carbonyl (C=O) groups excluding carboxylic acids is 2. The number of carbonyl (C=O) groups is 2. The van der Waals surface area contributed by atoms with Crippen molar-refractivity contribution >= 4 is 34.9 Å². The molecule has 0 bridgehead atoms. The minimum absolute atomic E-state index is 0.0296. The van der Waals surface area contributed by atoms with Gasteiger partial charge in [0.15, 0.2) is 0 Å². The Balaban J connectivity index is 1.53. The molecule has 2 aliphatic heterocycles. The van der Waals surface area contributed by atoms with Crippen molar-refractivity contribution in [2.75, 3.05) is 39.3 Å². The molecule has 2 saturated heterocycles. The van der Waals surface area contributed by atoms with E-state index < -0.39 is 0 Å². The summed E-state index contributed by atoms with van der Waals surface area (Å²) in [6.45, 7) is 13.4. The summed E-state index contributed by atoms with van der Waals surface area (Å²) in [5, 5.41) is 2.30. The van der Waals surface area contributed by atoms with E-state index in [1.165, 1.54) is 10.4 Å². The summed E-state index contributed by atoms with van der Waals surface area (Å²) >= 11 is 3.52. The SMILES string of the molecule is Cc1ccsc1C1SC(C)C(=O)N1CCN1CCN(C(=O)CC(C)C)CC1. The summed E-state index contributed by atoms with van der Waals surface area (Å²) in [5.41, 5.74) is 1.28. The van der Waals surface area contributed by atoms with Crippen molar-refractivity contribution in [2.45, 2.75) is 44.7 Å². The predicted molar refractivity (Wildman–Crippen MR) is 113 cm³/mol. The Labute approximate surface area is 171 Å². The lowest BCUT2D eigenvalue weighted by Gasteiger charge is -2.36. The lowest BCUT2D eigenvalue weighted by Crippen LogP contribution is -2.50. The van der Waals surface area contributed by atoms with Crippen LogP contribution in [0, 0.1) is 12.8 Å². The van der Waals surface area contributed by atoms with Gasteiger partial charge in [0.1, 0.15) is 5.37 Å². The molecule has 2 fully saturated rings. The third kappa shape index (κ3) is 4.87. The van der Waals surface area contributed by atoms with Crippen LogP contribution in [0.15, 0.2) is 11.4 Å². The van der Waals surface area contributed by atoms with Gasteiger partial charge in [0.2, 0.25) is 11.8 Å². The lowest BCUT2D eigenvalue weighted by molar-refractivity contribution is -0.133. The monoisotopic (exact) mass is 409 g/mol. The second-order valence-electron chi connectivity index (χ2n) is 7.95. The van der Waals surface area contributed by atoms with Gasteiger partial charge in [0.05, 0.1) is 5.25 Å². The Morgan fingerprint density at radius 1 is 1.22 bits per heavy atom. The van der Waals surface area contributed by atoms with Gasteiger partial charge in [-0.2, -0.15) is 0 Å². The van der Waals surface area contributed by atoms with Gasteiger partial charge >= 0.3 is 0 Å². The van der Waals surface area contributed by atoms with Crippen LogP contribution < -0.4 is 0 Å². The first-order valence-electron chi connectivity index (χ1n) is 9.87. The number of hydrogen-bond acceptors (Lipinski definition) is 5. The van der Waals surface area contributed by atoms with Crippen molar-refractivity contribution in [3.8, 4) is 0 Å². The molecule has 2 unspecified atom stereocenters. The van der Waals surface area contributed by atoms with Crippen LogP contribution in [0.2, 0.25) is 0 Å². The molecule has 0 spiro atoms. The van der Waals surface area contributed by atoms with Gasteiger partial charge in [0.25, 0.3) is 0 Å². The summed E-state index contributed by atoms with van der Waals surface area (Å²) in [6.07, 6.45) is 0.638. The molecule has 2 atom stereocenters. The van der Waals surface area contributed by atoms with Gasteiger partial charge < -0.3 is 9.80 Å². The van der Waals surface area contributed by atoms with Gasteiger partial charge in [-0.1, -0.05) is 13.8 Å². The minimum Gasteiger partial charge on any atom is -0.340 e. The number of aryl methyl sites for hydroxylation is 1. The van der Waals surface area contributed by atoms with Crippen LogP contribution in [-0.2, 0) is 9.59 Å². The molecule has 0 aliphatic carbocycles. The van der Waals surface area contributed by atoms with Crippen molar-refractivity contribution in [3.63, 3.8) is 0 Å². The van der Waals surface area contributed by atoms with Crippen molar-refractivity contribution in [3.05, 3.63) is 21.9 Å². The molecule has 27 heavy (non-hydrogen) atoms. The van der Waals surface area contributed by atoms with Gasteiger partial charge in [-0.3, -0.25) is 14.5 Å². The summed E-state index contributed by atoms with van der Waals surface area (Å²) in [7, 11) is 0. The number of thioether (sulfide) groups is 1. The largest absolute Gasteiger partial charge is 0.340 e. The van der Waals surface area contributed by atoms with Crippen LogP contribution in [0.4, 0.5) is 0 Å². The smallest absolute Gasteiger partial charge is 0.236 e. The second kappa shape index (κ2) is 8.97. The fourth-order valence-electron chi connectivity index (χ4n) is 3.69. The third-order valence-electron chi connectivity index (χ3n) is 5.34.